The first-order chi connectivity index (χ1) is 6.45. The van der Waals surface area contributed by atoms with Crippen LogP contribution in [0.1, 0.15) is 10.4 Å². The van der Waals surface area contributed by atoms with E-state index in [0.29, 0.717) is 0 Å². The monoisotopic (exact) mass is 186 g/mol. The fourth-order valence-electron chi connectivity index (χ4n) is 1.42. The highest BCUT2D eigenvalue weighted by Gasteiger charge is 2.19. The standard InChI is InChI=1S/C10H6N2S/c1-2-4-8-7(3-1)10(12-8)9-5-11-6-13-9/h1-6H. The van der Waals surface area contributed by atoms with Crippen molar-refractivity contribution in [3.8, 4) is 0 Å². The van der Waals surface area contributed by atoms with Gasteiger partial charge in [-0.25, -0.2) is 4.99 Å². The van der Waals surface area contributed by atoms with Crippen molar-refractivity contribution in [1.29, 1.82) is 0 Å². The quantitative estimate of drug-likeness (QED) is 0.573. The van der Waals surface area contributed by atoms with Crippen LogP contribution in [0.4, 0.5) is 5.69 Å². The second-order valence-electron chi connectivity index (χ2n) is 2.84. The van der Waals surface area contributed by atoms with Crippen molar-refractivity contribution in [2.24, 2.45) is 4.99 Å². The summed E-state index contributed by atoms with van der Waals surface area (Å²) in [5.74, 6) is 0. The van der Waals surface area contributed by atoms with Crippen LogP contribution in [0.2, 0.25) is 0 Å². The van der Waals surface area contributed by atoms with E-state index in [4.69, 9.17) is 0 Å². The van der Waals surface area contributed by atoms with E-state index in [1.54, 1.807) is 11.3 Å². The van der Waals surface area contributed by atoms with Gasteiger partial charge in [0.25, 0.3) is 0 Å². The van der Waals surface area contributed by atoms with Crippen LogP contribution in [0, 0.1) is 0 Å². The van der Waals surface area contributed by atoms with Gasteiger partial charge in [-0.2, -0.15) is 0 Å². The first-order valence-corrected chi connectivity index (χ1v) is 4.90. The molecule has 2 nitrogen and oxygen atoms in total. The van der Waals surface area contributed by atoms with Crippen molar-refractivity contribution in [2.45, 2.75) is 0 Å². The van der Waals surface area contributed by atoms with Gasteiger partial charge in [0.05, 0.1) is 21.8 Å². The van der Waals surface area contributed by atoms with E-state index in [1.807, 2.05) is 29.9 Å². The van der Waals surface area contributed by atoms with Crippen LogP contribution in [-0.2, 0) is 0 Å². The SMILES string of the molecule is c1ccc2c(c1)N=C2c1cncs1. The summed E-state index contributed by atoms with van der Waals surface area (Å²) in [4.78, 5) is 9.60. The van der Waals surface area contributed by atoms with Crippen molar-refractivity contribution >= 4 is 22.7 Å². The number of para-hydroxylation sites is 1. The largest absolute Gasteiger partial charge is 0.252 e. The number of nitrogens with zero attached hydrogens (tertiary/aromatic N) is 2. The van der Waals surface area contributed by atoms with Crippen molar-refractivity contribution in [1.82, 2.24) is 4.98 Å². The van der Waals surface area contributed by atoms with Gasteiger partial charge in [0.1, 0.15) is 0 Å². The van der Waals surface area contributed by atoms with Crippen molar-refractivity contribution in [3.63, 3.8) is 0 Å². The predicted molar refractivity (Wildman–Crippen MR) is 53.9 cm³/mol. The molecule has 0 saturated heterocycles. The molecule has 0 atom stereocenters. The first-order valence-electron chi connectivity index (χ1n) is 4.02. The van der Waals surface area contributed by atoms with Crippen LogP contribution in [0.25, 0.3) is 0 Å². The Kier molecular flexibility index (Phi) is 1.34. The number of aliphatic imine (C=N–C) groups is 1. The number of aromatic nitrogens is 1. The molecular formula is C10H6N2S. The smallest absolute Gasteiger partial charge is 0.0919 e. The van der Waals surface area contributed by atoms with Gasteiger partial charge >= 0.3 is 0 Å². The lowest BCUT2D eigenvalue weighted by atomic mass is 10.0. The Labute approximate surface area is 79.6 Å². The van der Waals surface area contributed by atoms with Crippen LogP contribution >= 0.6 is 11.3 Å². The van der Waals surface area contributed by atoms with Crippen LogP contribution < -0.4 is 0 Å². The molecule has 0 radical (unpaired) electrons. The van der Waals surface area contributed by atoms with E-state index in [0.717, 1.165) is 16.3 Å². The second-order valence-corrected chi connectivity index (χ2v) is 3.73. The minimum atomic E-state index is 1.08. The summed E-state index contributed by atoms with van der Waals surface area (Å²) in [6.45, 7) is 0. The fraction of sp³-hybridized carbons (Fsp3) is 0. The summed E-state index contributed by atoms with van der Waals surface area (Å²) in [5, 5.41) is 0. The predicted octanol–water partition coefficient (Wildman–Crippen LogP) is 2.63. The summed E-state index contributed by atoms with van der Waals surface area (Å²) in [6, 6.07) is 8.16. The zero-order valence-electron chi connectivity index (χ0n) is 6.77. The van der Waals surface area contributed by atoms with Crippen molar-refractivity contribution < 1.29 is 0 Å². The number of hydrogen-bond acceptors (Lipinski definition) is 3. The molecule has 0 bridgehead atoms. The molecule has 0 fully saturated rings. The van der Waals surface area contributed by atoms with Crippen LogP contribution in [-0.4, -0.2) is 10.7 Å². The minimum Gasteiger partial charge on any atom is -0.252 e. The maximum absolute atomic E-state index is 4.41. The molecule has 1 aromatic carbocycles. The minimum absolute atomic E-state index is 1.08. The third-order valence-corrected chi connectivity index (χ3v) is 2.84. The Morgan fingerprint density at radius 1 is 1.15 bits per heavy atom. The number of hydrogen-bond donors (Lipinski definition) is 0. The fourth-order valence-corrected chi connectivity index (χ4v) is 2.04. The molecule has 0 amide bonds. The molecule has 0 unspecified atom stereocenters. The van der Waals surface area contributed by atoms with E-state index in [2.05, 4.69) is 16.0 Å². The average molecular weight is 186 g/mol. The lowest BCUT2D eigenvalue weighted by molar-refractivity contribution is 1.38. The summed E-state index contributed by atoms with van der Waals surface area (Å²) in [5.41, 5.74) is 5.24. The van der Waals surface area contributed by atoms with Crippen LogP contribution in [0.5, 0.6) is 0 Å². The van der Waals surface area contributed by atoms with Crippen LogP contribution in [0.15, 0.2) is 41.0 Å². The van der Waals surface area contributed by atoms with Gasteiger partial charge in [0.2, 0.25) is 0 Å². The third-order valence-electron chi connectivity index (χ3n) is 2.06. The Hall–Kier alpha value is -1.48. The first kappa shape index (κ1) is 6.97. The molecule has 3 rings (SSSR count). The van der Waals surface area contributed by atoms with Crippen molar-refractivity contribution in [3.05, 3.63) is 46.4 Å². The van der Waals surface area contributed by atoms with Gasteiger partial charge in [-0.3, -0.25) is 4.98 Å². The topological polar surface area (TPSA) is 25.2 Å². The number of fused-ring (bicyclic) bond motifs is 1. The zero-order chi connectivity index (χ0) is 8.67. The number of benzene rings is 1. The number of thiazole rings is 1. The summed E-state index contributed by atoms with van der Waals surface area (Å²) in [7, 11) is 0. The van der Waals surface area contributed by atoms with Gasteiger partial charge in [0.15, 0.2) is 0 Å². The van der Waals surface area contributed by atoms with Crippen molar-refractivity contribution in [2.75, 3.05) is 0 Å². The molecule has 0 N–H and O–H groups in total. The van der Waals surface area contributed by atoms with E-state index in [1.165, 1.54) is 5.56 Å². The molecule has 2 aromatic rings. The summed E-state index contributed by atoms with van der Waals surface area (Å²) in [6.07, 6.45) is 1.86. The highest BCUT2D eigenvalue weighted by molar-refractivity contribution is 7.12. The van der Waals surface area contributed by atoms with E-state index < -0.39 is 0 Å². The molecule has 0 aliphatic carbocycles. The Morgan fingerprint density at radius 2 is 2.08 bits per heavy atom. The summed E-state index contributed by atoms with van der Waals surface area (Å²) >= 11 is 1.63. The van der Waals surface area contributed by atoms with Gasteiger partial charge in [-0.15, -0.1) is 11.3 Å². The zero-order valence-corrected chi connectivity index (χ0v) is 7.58. The molecule has 1 aliphatic rings. The molecular weight excluding hydrogens is 180 g/mol. The molecule has 62 valence electrons. The Morgan fingerprint density at radius 3 is 2.85 bits per heavy atom. The van der Waals surface area contributed by atoms with Gasteiger partial charge in [0, 0.05) is 11.8 Å². The molecule has 1 aliphatic heterocycles. The molecule has 0 saturated carbocycles. The lowest BCUT2D eigenvalue weighted by Gasteiger charge is -2.15. The maximum atomic E-state index is 4.41. The summed E-state index contributed by atoms with van der Waals surface area (Å²) < 4.78 is 0. The lowest BCUT2D eigenvalue weighted by Crippen LogP contribution is -2.08. The Bertz CT molecular complexity index is 471. The molecule has 1 aromatic heterocycles. The highest BCUT2D eigenvalue weighted by atomic mass is 32.1. The highest BCUT2D eigenvalue weighted by Crippen LogP contribution is 2.33. The number of rotatable bonds is 1. The molecule has 3 heteroatoms. The van der Waals surface area contributed by atoms with Gasteiger partial charge in [-0.1, -0.05) is 18.2 Å². The Balaban J connectivity index is 2.10. The van der Waals surface area contributed by atoms with Gasteiger partial charge in [-0.05, 0) is 6.07 Å². The molecule has 0 spiro atoms. The second kappa shape index (κ2) is 2.50. The molecule has 2 heterocycles. The maximum Gasteiger partial charge on any atom is 0.0919 e. The molecule has 13 heavy (non-hydrogen) atoms. The normalized spacial score (nSPS) is 13.1. The van der Waals surface area contributed by atoms with E-state index in [-0.39, 0.29) is 0 Å². The van der Waals surface area contributed by atoms with Crippen LogP contribution in [0.3, 0.4) is 0 Å². The van der Waals surface area contributed by atoms with Gasteiger partial charge < -0.3 is 0 Å². The third kappa shape index (κ3) is 0.939. The average Bonchev–Trinajstić information content (AvgIpc) is 2.60. The van der Waals surface area contributed by atoms with E-state index >= 15 is 0 Å². The van der Waals surface area contributed by atoms with E-state index in [9.17, 15) is 0 Å².